The van der Waals surface area contributed by atoms with Gasteiger partial charge in [-0.25, -0.2) is 9.69 Å². The summed E-state index contributed by atoms with van der Waals surface area (Å²) in [6.45, 7) is 2.05. The molecule has 0 bridgehead atoms. The van der Waals surface area contributed by atoms with E-state index >= 15 is 0 Å². The molecular weight excluding hydrogens is 208 g/mol. The normalized spacial score (nSPS) is 28.6. The summed E-state index contributed by atoms with van der Waals surface area (Å²) in [7, 11) is 0. The molecule has 0 aromatic rings. The predicted octanol–water partition coefficient (Wildman–Crippen LogP) is 0.497. The Labute approximate surface area is 94.1 Å². The number of ether oxygens (including phenoxy) is 1. The molecular formula is C11H16N2O3. The van der Waals surface area contributed by atoms with E-state index < -0.39 is 11.7 Å². The highest BCUT2D eigenvalue weighted by molar-refractivity contribution is 6.03. The molecule has 5 nitrogen and oxygen atoms in total. The van der Waals surface area contributed by atoms with Gasteiger partial charge in [-0.15, -0.1) is 0 Å². The van der Waals surface area contributed by atoms with Gasteiger partial charge in [0.2, 0.25) is 0 Å². The van der Waals surface area contributed by atoms with Crippen molar-refractivity contribution < 1.29 is 14.3 Å². The molecule has 0 aromatic heterocycles. The van der Waals surface area contributed by atoms with Crippen molar-refractivity contribution in [3.05, 3.63) is 0 Å². The molecule has 3 rings (SSSR count). The van der Waals surface area contributed by atoms with Crippen molar-refractivity contribution in [2.45, 2.75) is 31.3 Å². The summed E-state index contributed by atoms with van der Waals surface area (Å²) in [6, 6.07) is 0. The number of amides is 2. The van der Waals surface area contributed by atoms with Crippen molar-refractivity contribution in [2.75, 3.05) is 19.6 Å². The first-order chi connectivity index (χ1) is 7.71. The van der Waals surface area contributed by atoms with Gasteiger partial charge in [-0.2, -0.15) is 0 Å². The summed E-state index contributed by atoms with van der Waals surface area (Å²) in [5.41, 5.74) is -0.836. The Morgan fingerprint density at radius 2 is 2.00 bits per heavy atom. The molecule has 88 valence electrons. The third-order valence-corrected chi connectivity index (χ3v) is 3.69. The third-order valence-electron chi connectivity index (χ3n) is 3.69. The van der Waals surface area contributed by atoms with Crippen LogP contribution in [-0.4, -0.2) is 42.1 Å². The molecule has 1 aliphatic carbocycles. The minimum absolute atomic E-state index is 0.106. The van der Waals surface area contributed by atoms with Crippen molar-refractivity contribution >= 4 is 12.0 Å². The van der Waals surface area contributed by atoms with E-state index in [4.69, 9.17) is 4.74 Å². The molecule has 3 aliphatic rings. The maximum absolute atomic E-state index is 12.2. The predicted molar refractivity (Wildman–Crippen MR) is 55.8 cm³/mol. The van der Waals surface area contributed by atoms with Crippen molar-refractivity contribution in [1.82, 2.24) is 10.2 Å². The van der Waals surface area contributed by atoms with Crippen LogP contribution in [0.25, 0.3) is 0 Å². The van der Waals surface area contributed by atoms with Crippen LogP contribution >= 0.6 is 0 Å². The van der Waals surface area contributed by atoms with Crippen LogP contribution < -0.4 is 5.32 Å². The Kier molecular flexibility index (Phi) is 2.17. The van der Waals surface area contributed by atoms with E-state index in [0.29, 0.717) is 25.3 Å². The Hall–Kier alpha value is -1.10. The van der Waals surface area contributed by atoms with Gasteiger partial charge in [0.15, 0.2) is 5.60 Å². The van der Waals surface area contributed by atoms with Gasteiger partial charge in [0.25, 0.3) is 5.91 Å². The van der Waals surface area contributed by atoms with Crippen LogP contribution in [0.3, 0.4) is 0 Å². The van der Waals surface area contributed by atoms with Crippen molar-refractivity contribution in [3.8, 4) is 0 Å². The first kappa shape index (κ1) is 10.1. The quantitative estimate of drug-likeness (QED) is 0.742. The molecule has 0 unspecified atom stereocenters. The third kappa shape index (κ3) is 1.50. The standard InChI is InChI=1S/C11H16N2O3/c14-9-11(3-5-12-6-4-11)16-10(15)13(9)7-8-1-2-8/h8,12H,1-7H2. The lowest BCUT2D eigenvalue weighted by Gasteiger charge is -2.29. The first-order valence-electron chi connectivity index (χ1n) is 5.97. The molecule has 3 fully saturated rings. The summed E-state index contributed by atoms with van der Waals surface area (Å²) >= 11 is 0. The van der Waals surface area contributed by atoms with Gasteiger partial charge in [-0.05, 0) is 31.8 Å². The van der Waals surface area contributed by atoms with Crippen molar-refractivity contribution in [2.24, 2.45) is 5.92 Å². The summed E-state index contributed by atoms with van der Waals surface area (Å²) in [5.74, 6) is 0.416. The van der Waals surface area contributed by atoms with Crippen molar-refractivity contribution in [3.63, 3.8) is 0 Å². The van der Waals surface area contributed by atoms with Gasteiger partial charge in [0.05, 0.1) is 0 Å². The van der Waals surface area contributed by atoms with Crippen LogP contribution in [0.15, 0.2) is 0 Å². The highest BCUT2D eigenvalue weighted by atomic mass is 16.6. The average molecular weight is 224 g/mol. The number of hydrogen-bond acceptors (Lipinski definition) is 4. The van der Waals surface area contributed by atoms with E-state index in [9.17, 15) is 9.59 Å². The fourth-order valence-electron chi connectivity index (χ4n) is 2.46. The maximum atomic E-state index is 12.2. The van der Waals surface area contributed by atoms with Gasteiger partial charge in [-0.3, -0.25) is 4.79 Å². The van der Waals surface area contributed by atoms with E-state index in [1.165, 1.54) is 4.90 Å². The van der Waals surface area contributed by atoms with E-state index in [2.05, 4.69) is 5.32 Å². The van der Waals surface area contributed by atoms with E-state index in [0.717, 1.165) is 25.9 Å². The largest absolute Gasteiger partial charge is 0.432 e. The number of piperidine rings is 1. The Morgan fingerprint density at radius 3 is 2.62 bits per heavy atom. The smallest absolute Gasteiger partial charge is 0.417 e. The molecule has 0 aromatic carbocycles. The molecule has 2 heterocycles. The summed E-state index contributed by atoms with van der Waals surface area (Å²) in [5, 5.41) is 3.18. The van der Waals surface area contributed by atoms with Crippen molar-refractivity contribution in [1.29, 1.82) is 0 Å². The number of carbonyl (C=O) groups is 2. The second kappa shape index (κ2) is 3.45. The minimum atomic E-state index is -0.836. The van der Waals surface area contributed by atoms with Crippen LogP contribution in [0.5, 0.6) is 0 Å². The molecule has 0 radical (unpaired) electrons. The molecule has 1 saturated carbocycles. The zero-order chi connectivity index (χ0) is 11.2. The van der Waals surface area contributed by atoms with Gasteiger partial charge in [0, 0.05) is 19.4 Å². The molecule has 5 heteroatoms. The summed E-state index contributed by atoms with van der Waals surface area (Å²) < 4.78 is 5.34. The SMILES string of the molecule is O=C1OC2(CCNCC2)C(=O)N1CC1CC1. The second-order valence-electron chi connectivity index (χ2n) is 4.97. The van der Waals surface area contributed by atoms with Gasteiger partial charge >= 0.3 is 6.09 Å². The Bertz CT molecular complexity index is 332. The van der Waals surface area contributed by atoms with Gasteiger partial charge in [-0.1, -0.05) is 0 Å². The fraction of sp³-hybridized carbons (Fsp3) is 0.818. The van der Waals surface area contributed by atoms with E-state index in [1.807, 2.05) is 0 Å². The molecule has 2 amide bonds. The summed E-state index contributed by atoms with van der Waals surface area (Å²) in [4.78, 5) is 25.2. The molecule has 2 saturated heterocycles. The number of carbonyl (C=O) groups excluding carboxylic acids is 2. The first-order valence-corrected chi connectivity index (χ1v) is 5.97. The number of nitrogens with one attached hydrogen (secondary N) is 1. The lowest BCUT2D eigenvalue weighted by molar-refractivity contribution is -0.138. The lowest BCUT2D eigenvalue weighted by atomic mass is 9.91. The molecule has 2 aliphatic heterocycles. The van der Waals surface area contributed by atoms with Crippen LogP contribution in [0.2, 0.25) is 0 Å². The Balaban J connectivity index is 1.77. The topological polar surface area (TPSA) is 58.6 Å². The van der Waals surface area contributed by atoms with Crippen LogP contribution in [0.4, 0.5) is 4.79 Å². The molecule has 16 heavy (non-hydrogen) atoms. The fourth-order valence-corrected chi connectivity index (χ4v) is 2.46. The van der Waals surface area contributed by atoms with Crippen LogP contribution in [0.1, 0.15) is 25.7 Å². The number of imide groups is 1. The monoisotopic (exact) mass is 224 g/mol. The minimum Gasteiger partial charge on any atom is -0.432 e. The number of rotatable bonds is 2. The zero-order valence-electron chi connectivity index (χ0n) is 9.20. The van der Waals surface area contributed by atoms with Gasteiger partial charge < -0.3 is 10.1 Å². The summed E-state index contributed by atoms with van der Waals surface area (Å²) in [6.07, 6.45) is 3.05. The number of hydrogen-bond donors (Lipinski definition) is 1. The highest BCUT2D eigenvalue weighted by Gasteiger charge is 2.54. The molecule has 1 N–H and O–H groups in total. The van der Waals surface area contributed by atoms with Crippen LogP contribution in [-0.2, 0) is 9.53 Å². The zero-order valence-corrected chi connectivity index (χ0v) is 9.20. The molecule has 1 spiro atoms. The molecule has 0 atom stereocenters. The van der Waals surface area contributed by atoms with E-state index in [-0.39, 0.29) is 5.91 Å². The second-order valence-corrected chi connectivity index (χ2v) is 4.97. The lowest BCUT2D eigenvalue weighted by Crippen LogP contribution is -2.48. The maximum Gasteiger partial charge on any atom is 0.417 e. The highest BCUT2D eigenvalue weighted by Crippen LogP contribution is 2.36. The Morgan fingerprint density at radius 1 is 1.31 bits per heavy atom. The number of nitrogens with zero attached hydrogens (tertiary/aromatic N) is 1. The van der Waals surface area contributed by atoms with Gasteiger partial charge in [0.1, 0.15) is 0 Å². The average Bonchev–Trinajstić information content (AvgIpc) is 3.06. The van der Waals surface area contributed by atoms with Crippen LogP contribution in [0, 0.1) is 5.92 Å². The van der Waals surface area contributed by atoms with E-state index in [1.54, 1.807) is 0 Å².